The van der Waals surface area contributed by atoms with Crippen molar-refractivity contribution in [2.75, 3.05) is 5.32 Å². The van der Waals surface area contributed by atoms with Gasteiger partial charge in [0.1, 0.15) is 0 Å². The number of imidazole rings is 1. The minimum Gasteiger partial charge on any atom is -0.353 e. The number of aromatic nitrogens is 2. The van der Waals surface area contributed by atoms with Crippen LogP contribution in [0.25, 0.3) is 0 Å². The molecule has 1 aromatic rings. The molecule has 1 atom stereocenters. The van der Waals surface area contributed by atoms with E-state index >= 15 is 0 Å². The van der Waals surface area contributed by atoms with Crippen LogP contribution in [-0.2, 0) is 0 Å². The van der Waals surface area contributed by atoms with E-state index in [1.807, 2.05) is 0 Å². The van der Waals surface area contributed by atoms with Crippen LogP contribution in [0.2, 0.25) is 0 Å². The van der Waals surface area contributed by atoms with E-state index < -0.39 is 0 Å². The van der Waals surface area contributed by atoms with E-state index in [-0.39, 0.29) is 0 Å². The van der Waals surface area contributed by atoms with Crippen molar-refractivity contribution < 1.29 is 0 Å². The average Bonchev–Trinajstić information content (AvgIpc) is 3.05. The molecule has 0 spiro atoms. The quantitative estimate of drug-likeness (QED) is 0.726. The van der Waals surface area contributed by atoms with Gasteiger partial charge in [0.15, 0.2) is 0 Å². The molecule has 3 nitrogen and oxygen atoms in total. The van der Waals surface area contributed by atoms with Gasteiger partial charge in [0, 0.05) is 18.3 Å². The van der Waals surface area contributed by atoms with Gasteiger partial charge < -0.3 is 9.88 Å². The van der Waals surface area contributed by atoms with Gasteiger partial charge in [-0.2, -0.15) is 0 Å². The summed E-state index contributed by atoms with van der Waals surface area (Å²) in [4.78, 5) is 4.59. The van der Waals surface area contributed by atoms with Crippen LogP contribution in [0.3, 0.4) is 0 Å². The molecule has 2 rings (SSSR count). The summed E-state index contributed by atoms with van der Waals surface area (Å²) in [5.74, 6) is 1.08. The SMILES string of the molecule is CCCCCC(C)Nc1nc(C)cn1C1CC1. The molecule has 17 heavy (non-hydrogen) atoms. The molecule has 0 amide bonds. The molecule has 0 saturated heterocycles. The first-order valence-corrected chi connectivity index (χ1v) is 7.02. The molecule has 1 saturated carbocycles. The lowest BCUT2D eigenvalue weighted by Gasteiger charge is -2.15. The van der Waals surface area contributed by atoms with Crippen molar-refractivity contribution in [2.45, 2.75) is 71.4 Å². The number of aryl methyl sites for hydroxylation is 1. The Hall–Kier alpha value is -0.990. The van der Waals surface area contributed by atoms with Crippen molar-refractivity contribution >= 4 is 5.95 Å². The second-order valence-electron chi connectivity index (χ2n) is 5.39. The molecule has 0 aliphatic heterocycles. The van der Waals surface area contributed by atoms with Gasteiger partial charge in [-0.15, -0.1) is 0 Å². The summed E-state index contributed by atoms with van der Waals surface area (Å²) in [6.07, 6.45) is 9.99. The standard InChI is InChI=1S/C14H25N3/c1-4-5-6-7-11(2)15-14-16-12(3)10-17(14)13-8-9-13/h10-11,13H,4-9H2,1-3H3,(H,15,16). The fraction of sp³-hybridized carbons (Fsp3) is 0.786. The summed E-state index contributed by atoms with van der Waals surface area (Å²) < 4.78 is 2.33. The summed E-state index contributed by atoms with van der Waals surface area (Å²) in [7, 11) is 0. The molecule has 0 aromatic carbocycles. The fourth-order valence-electron chi connectivity index (χ4n) is 2.25. The third-order valence-electron chi connectivity index (χ3n) is 3.41. The van der Waals surface area contributed by atoms with E-state index in [4.69, 9.17) is 0 Å². The summed E-state index contributed by atoms with van der Waals surface area (Å²) in [6.45, 7) is 6.59. The van der Waals surface area contributed by atoms with Crippen molar-refractivity contribution in [3.63, 3.8) is 0 Å². The predicted octanol–water partition coefficient (Wildman–Crippen LogP) is 3.91. The van der Waals surface area contributed by atoms with Crippen LogP contribution in [0.1, 0.15) is 64.1 Å². The van der Waals surface area contributed by atoms with Gasteiger partial charge in [0.25, 0.3) is 0 Å². The van der Waals surface area contributed by atoms with Crippen LogP contribution in [0.5, 0.6) is 0 Å². The number of rotatable bonds is 7. The first kappa shape index (κ1) is 12.5. The van der Waals surface area contributed by atoms with Crippen molar-refractivity contribution in [3.8, 4) is 0 Å². The van der Waals surface area contributed by atoms with E-state index in [0.29, 0.717) is 12.1 Å². The molecular formula is C14H25N3. The van der Waals surface area contributed by atoms with E-state index in [1.165, 1.54) is 38.5 Å². The largest absolute Gasteiger partial charge is 0.353 e. The van der Waals surface area contributed by atoms with Gasteiger partial charge >= 0.3 is 0 Å². The lowest BCUT2D eigenvalue weighted by molar-refractivity contribution is 0.606. The van der Waals surface area contributed by atoms with Crippen molar-refractivity contribution in [1.82, 2.24) is 9.55 Å². The highest BCUT2D eigenvalue weighted by Crippen LogP contribution is 2.37. The first-order chi connectivity index (χ1) is 8.20. The van der Waals surface area contributed by atoms with Gasteiger partial charge in [0.2, 0.25) is 5.95 Å². The second kappa shape index (κ2) is 5.56. The smallest absolute Gasteiger partial charge is 0.203 e. The van der Waals surface area contributed by atoms with Gasteiger partial charge in [0.05, 0.1) is 5.69 Å². The van der Waals surface area contributed by atoms with Gasteiger partial charge in [-0.1, -0.05) is 26.2 Å². The van der Waals surface area contributed by atoms with Crippen LogP contribution < -0.4 is 5.32 Å². The van der Waals surface area contributed by atoms with Gasteiger partial charge in [-0.25, -0.2) is 4.98 Å². The molecule has 1 heterocycles. The van der Waals surface area contributed by atoms with Gasteiger partial charge in [-0.3, -0.25) is 0 Å². The molecule has 1 aliphatic carbocycles. The molecule has 96 valence electrons. The van der Waals surface area contributed by atoms with Crippen molar-refractivity contribution in [3.05, 3.63) is 11.9 Å². The Bertz CT molecular complexity index is 352. The highest BCUT2D eigenvalue weighted by Gasteiger charge is 2.26. The molecular weight excluding hydrogens is 210 g/mol. The highest BCUT2D eigenvalue weighted by atomic mass is 15.2. The number of nitrogens with zero attached hydrogens (tertiary/aromatic N) is 2. The fourth-order valence-corrected chi connectivity index (χ4v) is 2.25. The van der Waals surface area contributed by atoms with Crippen LogP contribution in [0, 0.1) is 6.92 Å². The number of hydrogen-bond donors (Lipinski definition) is 1. The van der Waals surface area contributed by atoms with Crippen LogP contribution in [-0.4, -0.2) is 15.6 Å². The van der Waals surface area contributed by atoms with Crippen LogP contribution in [0.4, 0.5) is 5.95 Å². The zero-order valence-electron chi connectivity index (χ0n) is 11.4. The molecule has 3 heteroatoms. The van der Waals surface area contributed by atoms with E-state index in [0.717, 1.165) is 11.6 Å². The summed E-state index contributed by atoms with van der Waals surface area (Å²) in [5.41, 5.74) is 1.13. The Balaban J connectivity index is 1.88. The molecule has 1 N–H and O–H groups in total. The van der Waals surface area contributed by atoms with E-state index in [9.17, 15) is 0 Å². The first-order valence-electron chi connectivity index (χ1n) is 7.02. The van der Waals surface area contributed by atoms with E-state index in [1.54, 1.807) is 0 Å². The maximum atomic E-state index is 4.59. The third-order valence-corrected chi connectivity index (χ3v) is 3.41. The van der Waals surface area contributed by atoms with Crippen molar-refractivity contribution in [1.29, 1.82) is 0 Å². The summed E-state index contributed by atoms with van der Waals surface area (Å²) in [6, 6.07) is 1.24. The molecule has 0 bridgehead atoms. The number of anilines is 1. The minimum absolute atomic E-state index is 0.529. The molecule has 1 aliphatic rings. The Labute approximate surface area is 105 Å². The monoisotopic (exact) mass is 235 g/mol. The average molecular weight is 235 g/mol. The zero-order valence-corrected chi connectivity index (χ0v) is 11.4. The molecule has 0 radical (unpaired) electrons. The predicted molar refractivity (Wildman–Crippen MR) is 72.5 cm³/mol. The maximum absolute atomic E-state index is 4.59. The van der Waals surface area contributed by atoms with Crippen LogP contribution in [0.15, 0.2) is 6.20 Å². The zero-order chi connectivity index (χ0) is 12.3. The molecule has 1 unspecified atom stereocenters. The Morgan fingerprint density at radius 2 is 2.24 bits per heavy atom. The second-order valence-corrected chi connectivity index (χ2v) is 5.39. The summed E-state index contributed by atoms with van der Waals surface area (Å²) >= 11 is 0. The summed E-state index contributed by atoms with van der Waals surface area (Å²) in [5, 5.41) is 3.56. The minimum atomic E-state index is 0.529. The number of unbranched alkanes of at least 4 members (excludes halogenated alkanes) is 2. The third kappa shape index (κ3) is 3.48. The maximum Gasteiger partial charge on any atom is 0.203 e. The van der Waals surface area contributed by atoms with Crippen LogP contribution >= 0.6 is 0 Å². The normalized spacial score (nSPS) is 17.1. The highest BCUT2D eigenvalue weighted by molar-refractivity contribution is 5.31. The molecule has 1 aromatic heterocycles. The van der Waals surface area contributed by atoms with E-state index in [2.05, 4.69) is 41.8 Å². The van der Waals surface area contributed by atoms with Crippen molar-refractivity contribution in [2.24, 2.45) is 0 Å². The lowest BCUT2D eigenvalue weighted by Crippen LogP contribution is -2.18. The topological polar surface area (TPSA) is 29.9 Å². The Kier molecular flexibility index (Phi) is 4.08. The molecule has 1 fully saturated rings. The van der Waals surface area contributed by atoms with Gasteiger partial charge in [-0.05, 0) is 33.1 Å². The Morgan fingerprint density at radius 1 is 1.47 bits per heavy atom. The number of hydrogen-bond acceptors (Lipinski definition) is 2. The lowest BCUT2D eigenvalue weighted by atomic mass is 10.1. The number of nitrogens with one attached hydrogen (secondary N) is 1. The Morgan fingerprint density at radius 3 is 2.88 bits per heavy atom.